The van der Waals surface area contributed by atoms with E-state index < -0.39 is 0 Å². The van der Waals surface area contributed by atoms with E-state index in [0.29, 0.717) is 24.8 Å². The summed E-state index contributed by atoms with van der Waals surface area (Å²) in [5.74, 6) is 1.57. The van der Waals surface area contributed by atoms with Crippen molar-refractivity contribution in [3.8, 4) is 11.5 Å². The number of benzene rings is 2. The van der Waals surface area contributed by atoms with E-state index in [1.54, 1.807) is 0 Å². The zero-order chi connectivity index (χ0) is 18.6. The molecule has 1 unspecified atom stereocenters. The van der Waals surface area contributed by atoms with Gasteiger partial charge in [0.1, 0.15) is 13.2 Å². The van der Waals surface area contributed by atoms with Crippen LogP contribution in [0.2, 0.25) is 5.02 Å². The Morgan fingerprint density at radius 2 is 1.89 bits per heavy atom. The Morgan fingerprint density at radius 3 is 2.70 bits per heavy atom. The molecule has 0 saturated carbocycles. The zero-order valence-corrected chi connectivity index (χ0v) is 15.9. The molecule has 0 aliphatic carbocycles. The van der Waals surface area contributed by atoms with Gasteiger partial charge in [0.05, 0.1) is 6.04 Å². The SMILES string of the molecule is O=C(NCCc1ccc2c(c1)OCCO2)N1CCCC1c1ccc(Cl)cc1. The molecule has 2 aliphatic heterocycles. The van der Waals surface area contributed by atoms with Crippen molar-refractivity contribution in [1.82, 2.24) is 10.2 Å². The van der Waals surface area contributed by atoms with Crippen molar-refractivity contribution in [1.29, 1.82) is 0 Å². The third-order valence-corrected chi connectivity index (χ3v) is 5.32. The molecule has 1 saturated heterocycles. The number of likely N-dealkylation sites (tertiary alicyclic amines) is 1. The number of rotatable bonds is 4. The van der Waals surface area contributed by atoms with Gasteiger partial charge < -0.3 is 19.7 Å². The Kier molecular flexibility index (Phi) is 5.39. The van der Waals surface area contributed by atoms with Crippen LogP contribution in [-0.4, -0.2) is 37.2 Å². The summed E-state index contributed by atoms with van der Waals surface area (Å²) in [7, 11) is 0. The first-order valence-corrected chi connectivity index (χ1v) is 9.77. The molecule has 0 radical (unpaired) electrons. The Morgan fingerprint density at radius 1 is 1.11 bits per heavy atom. The van der Waals surface area contributed by atoms with E-state index in [1.807, 2.05) is 47.4 Å². The maximum absolute atomic E-state index is 12.7. The molecule has 142 valence electrons. The summed E-state index contributed by atoms with van der Waals surface area (Å²) in [5.41, 5.74) is 2.26. The molecule has 0 aromatic heterocycles. The van der Waals surface area contributed by atoms with E-state index in [2.05, 4.69) is 5.32 Å². The predicted molar refractivity (Wildman–Crippen MR) is 105 cm³/mol. The molecule has 2 aromatic rings. The van der Waals surface area contributed by atoms with Gasteiger partial charge in [-0.2, -0.15) is 0 Å². The molecule has 1 N–H and O–H groups in total. The van der Waals surface area contributed by atoms with Crippen LogP contribution >= 0.6 is 11.6 Å². The first kappa shape index (κ1) is 18.0. The molecule has 27 heavy (non-hydrogen) atoms. The van der Waals surface area contributed by atoms with Crippen LogP contribution in [0.1, 0.15) is 30.0 Å². The second-order valence-corrected chi connectivity index (χ2v) is 7.30. The molecule has 1 atom stereocenters. The number of ether oxygens (including phenoxy) is 2. The summed E-state index contributed by atoms with van der Waals surface area (Å²) in [4.78, 5) is 14.6. The summed E-state index contributed by atoms with van der Waals surface area (Å²) < 4.78 is 11.2. The fourth-order valence-electron chi connectivity index (χ4n) is 3.70. The van der Waals surface area contributed by atoms with Crippen LogP contribution in [0.25, 0.3) is 0 Å². The molecule has 0 bridgehead atoms. The third-order valence-electron chi connectivity index (χ3n) is 5.06. The van der Waals surface area contributed by atoms with Crippen molar-refractivity contribution in [3.63, 3.8) is 0 Å². The number of fused-ring (bicyclic) bond motifs is 1. The summed E-state index contributed by atoms with van der Waals surface area (Å²) in [6, 6.07) is 13.8. The number of halogens is 1. The second-order valence-electron chi connectivity index (χ2n) is 6.86. The fraction of sp³-hybridized carbons (Fsp3) is 0.381. The van der Waals surface area contributed by atoms with Crippen molar-refractivity contribution in [2.45, 2.75) is 25.3 Å². The van der Waals surface area contributed by atoms with Gasteiger partial charge >= 0.3 is 6.03 Å². The molecule has 5 nitrogen and oxygen atoms in total. The summed E-state index contributed by atoms with van der Waals surface area (Å²) in [5, 5.41) is 3.77. The summed E-state index contributed by atoms with van der Waals surface area (Å²) in [6.45, 7) is 2.53. The Bertz CT molecular complexity index is 810. The molecule has 2 amide bonds. The maximum Gasteiger partial charge on any atom is 0.317 e. The van der Waals surface area contributed by atoms with Gasteiger partial charge in [0.2, 0.25) is 0 Å². The number of hydrogen-bond donors (Lipinski definition) is 1. The van der Waals surface area contributed by atoms with Crippen LogP contribution in [0.15, 0.2) is 42.5 Å². The molecule has 2 aliphatic rings. The number of urea groups is 1. The van der Waals surface area contributed by atoms with Crippen molar-refractivity contribution >= 4 is 17.6 Å². The van der Waals surface area contributed by atoms with Gasteiger partial charge in [0.15, 0.2) is 11.5 Å². The highest BCUT2D eigenvalue weighted by atomic mass is 35.5. The molecular weight excluding hydrogens is 364 g/mol. The van der Waals surface area contributed by atoms with Gasteiger partial charge in [-0.05, 0) is 54.7 Å². The van der Waals surface area contributed by atoms with E-state index in [0.717, 1.165) is 48.4 Å². The molecule has 4 rings (SSSR count). The van der Waals surface area contributed by atoms with Crippen LogP contribution in [0, 0.1) is 0 Å². The van der Waals surface area contributed by atoms with Crippen molar-refractivity contribution in [3.05, 3.63) is 58.6 Å². The maximum atomic E-state index is 12.7. The average molecular weight is 387 g/mol. The molecule has 2 heterocycles. The lowest BCUT2D eigenvalue weighted by atomic mass is 10.1. The first-order chi connectivity index (χ1) is 13.2. The highest BCUT2D eigenvalue weighted by Crippen LogP contribution is 2.33. The van der Waals surface area contributed by atoms with E-state index in [9.17, 15) is 4.79 Å². The lowest BCUT2D eigenvalue weighted by Crippen LogP contribution is -2.40. The highest BCUT2D eigenvalue weighted by molar-refractivity contribution is 6.30. The Hall–Kier alpha value is -2.40. The van der Waals surface area contributed by atoms with Crippen LogP contribution in [-0.2, 0) is 6.42 Å². The summed E-state index contributed by atoms with van der Waals surface area (Å²) >= 11 is 5.98. The summed E-state index contributed by atoms with van der Waals surface area (Å²) in [6.07, 6.45) is 2.75. The molecule has 0 spiro atoms. The van der Waals surface area contributed by atoms with Gasteiger partial charge in [-0.1, -0.05) is 29.8 Å². The van der Waals surface area contributed by atoms with Gasteiger partial charge in [-0.25, -0.2) is 4.79 Å². The average Bonchev–Trinajstić information content (AvgIpc) is 3.18. The number of hydrogen-bond acceptors (Lipinski definition) is 3. The monoisotopic (exact) mass is 386 g/mol. The van der Waals surface area contributed by atoms with Gasteiger partial charge in [0, 0.05) is 18.1 Å². The van der Waals surface area contributed by atoms with Crippen LogP contribution in [0.5, 0.6) is 11.5 Å². The fourth-order valence-corrected chi connectivity index (χ4v) is 3.83. The second kappa shape index (κ2) is 8.09. The standard InChI is InChI=1S/C21H23ClN2O3/c22-17-6-4-16(5-7-17)18-2-1-11-24(18)21(25)23-10-9-15-3-8-19-20(14-15)27-13-12-26-19/h3-8,14,18H,1-2,9-13H2,(H,23,25). The smallest absolute Gasteiger partial charge is 0.317 e. The molecular formula is C21H23ClN2O3. The minimum atomic E-state index is -0.00927. The Labute approximate surface area is 164 Å². The van der Waals surface area contributed by atoms with E-state index in [1.165, 1.54) is 0 Å². The molecule has 1 fully saturated rings. The van der Waals surface area contributed by atoms with Crippen molar-refractivity contribution in [2.75, 3.05) is 26.3 Å². The van der Waals surface area contributed by atoms with Crippen LogP contribution < -0.4 is 14.8 Å². The molecule has 6 heteroatoms. The molecule has 2 aromatic carbocycles. The number of carbonyl (C=O) groups is 1. The third kappa shape index (κ3) is 4.14. The number of carbonyl (C=O) groups excluding carboxylic acids is 1. The number of nitrogens with zero attached hydrogens (tertiary/aromatic N) is 1. The minimum absolute atomic E-state index is 0.00927. The van der Waals surface area contributed by atoms with Crippen LogP contribution in [0.4, 0.5) is 4.79 Å². The van der Waals surface area contributed by atoms with E-state index >= 15 is 0 Å². The largest absolute Gasteiger partial charge is 0.486 e. The number of amides is 2. The van der Waals surface area contributed by atoms with Gasteiger partial charge in [0.25, 0.3) is 0 Å². The normalized spacial score (nSPS) is 18.4. The highest BCUT2D eigenvalue weighted by Gasteiger charge is 2.29. The topological polar surface area (TPSA) is 50.8 Å². The van der Waals surface area contributed by atoms with Crippen molar-refractivity contribution in [2.24, 2.45) is 0 Å². The van der Waals surface area contributed by atoms with Crippen LogP contribution in [0.3, 0.4) is 0 Å². The van der Waals surface area contributed by atoms with E-state index in [-0.39, 0.29) is 12.1 Å². The van der Waals surface area contributed by atoms with Crippen molar-refractivity contribution < 1.29 is 14.3 Å². The van der Waals surface area contributed by atoms with Gasteiger partial charge in [-0.3, -0.25) is 0 Å². The lowest BCUT2D eigenvalue weighted by molar-refractivity contribution is 0.171. The first-order valence-electron chi connectivity index (χ1n) is 9.39. The van der Waals surface area contributed by atoms with Gasteiger partial charge in [-0.15, -0.1) is 0 Å². The quantitative estimate of drug-likeness (QED) is 0.856. The zero-order valence-electron chi connectivity index (χ0n) is 15.1. The predicted octanol–water partition coefficient (Wildman–Crippen LogP) is 4.20. The lowest BCUT2D eigenvalue weighted by Gasteiger charge is -2.25. The van der Waals surface area contributed by atoms with E-state index in [4.69, 9.17) is 21.1 Å². The minimum Gasteiger partial charge on any atom is -0.486 e. The number of nitrogens with one attached hydrogen (secondary N) is 1. The Balaban J connectivity index is 1.33.